The Bertz CT molecular complexity index is 524. The summed E-state index contributed by atoms with van der Waals surface area (Å²) in [4.78, 5) is 14.5. The van der Waals surface area contributed by atoms with E-state index in [-0.39, 0.29) is 18.6 Å². The normalized spacial score (nSPS) is 22.5. The SMILES string of the molecule is O=C(COc1ccc(Br)cc1)NC1CCN(CC2CCOC2)CC1. The van der Waals surface area contributed by atoms with E-state index < -0.39 is 0 Å². The van der Waals surface area contributed by atoms with Gasteiger partial charge in [-0.1, -0.05) is 15.9 Å². The van der Waals surface area contributed by atoms with Crippen LogP contribution in [0.1, 0.15) is 19.3 Å². The highest BCUT2D eigenvalue weighted by molar-refractivity contribution is 9.10. The predicted octanol–water partition coefficient (Wildman–Crippen LogP) is 2.45. The summed E-state index contributed by atoms with van der Waals surface area (Å²) in [6.45, 7) is 5.12. The molecule has 1 amide bonds. The van der Waals surface area contributed by atoms with E-state index in [1.165, 1.54) is 6.42 Å². The van der Waals surface area contributed by atoms with Crippen molar-refractivity contribution in [3.63, 3.8) is 0 Å². The molecule has 3 rings (SSSR count). The lowest BCUT2D eigenvalue weighted by molar-refractivity contribution is -0.124. The van der Waals surface area contributed by atoms with Crippen LogP contribution in [0.15, 0.2) is 28.7 Å². The van der Waals surface area contributed by atoms with Crippen LogP contribution in [0.2, 0.25) is 0 Å². The smallest absolute Gasteiger partial charge is 0.258 e. The number of nitrogens with zero attached hydrogens (tertiary/aromatic N) is 1. The predicted molar refractivity (Wildman–Crippen MR) is 96.2 cm³/mol. The van der Waals surface area contributed by atoms with Gasteiger partial charge < -0.3 is 19.7 Å². The van der Waals surface area contributed by atoms with Gasteiger partial charge in [-0.15, -0.1) is 0 Å². The summed E-state index contributed by atoms with van der Waals surface area (Å²) < 4.78 is 12.0. The average Bonchev–Trinajstić information content (AvgIpc) is 3.09. The Morgan fingerprint density at radius 1 is 1.25 bits per heavy atom. The molecule has 0 radical (unpaired) electrons. The second-order valence-corrected chi connectivity index (χ2v) is 7.53. The first-order chi connectivity index (χ1) is 11.7. The summed E-state index contributed by atoms with van der Waals surface area (Å²) in [5.74, 6) is 1.36. The van der Waals surface area contributed by atoms with Crippen LogP contribution in [0, 0.1) is 5.92 Å². The van der Waals surface area contributed by atoms with Gasteiger partial charge in [0.2, 0.25) is 0 Å². The Morgan fingerprint density at radius 2 is 2.00 bits per heavy atom. The number of carbonyl (C=O) groups is 1. The monoisotopic (exact) mass is 396 g/mol. The third-order valence-corrected chi connectivity index (χ3v) is 5.21. The number of carbonyl (C=O) groups excluding carboxylic acids is 1. The molecule has 2 aliphatic rings. The lowest BCUT2D eigenvalue weighted by atomic mass is 10.0. The first kappa shape index (κ1) is 17.7. The van der Waals surface area contributed by atoms with Crippen LogP contribution in [0.5, 0.6) is 5.75 Å². The highest BCUT2D eigenvalue weighted by Gasteiger charge is 2.24. The molecule has 1 aromatic carbocycles. The van der Waals surface area contributed by atoms with Gasteiger partial charge in [-0.2, -0.15) is 0 Å². The van der Waals surface area contributed by atoms with Crippen LogP contribution in [-0.4, -0.2) is 56.3 Å². The van der Waals surface area contributed by atoms with Crippen molar-refractivity contribution in [1.82, 2.24) is 10.2 Å². The number of piperidine rings is 1. The number of halogens is 1. The molecule has 132 valence electrons. The van der Waals surface area contributed by atoms with Gasteiger partial charge in [-0.3, -0.25) is 4.79 Å². The molecule has 1 N–H and O–H groups in total. The number of hydrogen-bond donors (Lipinski definition) is 1. The van der Waals surface area contributed by atoms with Crippen LogP contribution >= 0.6 is 15.9 Å². The fraction of sp³-hybridized carbons (Fsp3) is 0.611. The van der Waals surface area contributed by atoms with Gasteiger partial charge in [0.25, 0.3) is 5.91 Å². The maximum Gasteiger partial charge on any atom is 0.258 e. The minimum atomic E-state index is -0.0411. The Morgan fingerprint density at radius 3 is 2.67 bits per heavy atom. The van der Waals surface area contributed by atoms with Crippen molar-refractivity contribution in [2.24, 2.45) is 5.92 Å². The highest BCUT2D eigenvalue weighted by Crippen LogP contribution is 2.18. The zero-order valence-electron chi connectivity index (χ0n) is 13.9. The summed E-state index contributed by atoms with van der Waals surface area (Å²) in [7, 11) is 0. The van der Waals surface area contributed by atoms with E-state index >= 15 is 0 Å². The van der Waals surface area contributed by atoms with Gasteiger partial charge in [0.15, 0.2) is 6.61 Å². The molecule has 0 aromatic heterocycles. The molecular formula is C18H25BrN2O3. The fourth-order valence-corrected chi connectivity index (χ4v) is 3.57. The van der Waals surface area contributed by atoms with Crippen LogP contribution in [0.25, 0.3) is 0 Å². The van der Waals surface area contributed by atoms with Crippen molar-refractivity contribution >= 4 is 21.8 Å². The Hall–Kier alpha value is -1.11. The zero-order valence-corrected chi connectivity index (χ0v) is 15.5. The molecule has 2 aliphatic heterocycles. The second kappa shape index (κ2) is 8.83. The van der Waals surface area contributed by atoms with E-state index in [9.17, 15) is 4.79 Å². The molecule has 0 saturated carbocycles. The molecule has 2 saturated heterocycles. The lowest BCUT2D eigenvalue weighted by Gasteiger charge is -2.33. The van der Waals surface area contributed by atoms with Crippen LogP contribution in [0.4, 0.5) is 0 Å². The minimum absolute atomic E-state index is 0.0411. The minimum Gasteiger partial charge on any atom is -0.484 e. The largest absolute Gasteiger partial charge is 0.484 e. The van der Waals surface area contributed by atoms with Gasteiger partial charge in [-0.05, 0) is 49.4 Å². The summed E-state index contributed by atoms with van der Waals surface area (Å²) in [5.41, 5.74) is 0. The molecule has 0 spiro atoms. The second-order valence-electron chi connectivity index (χ2n) is 6.61. The Labute approximate surface area is 151 Å². The van der Waals surface area contributed by atoms with Gasteiger partial charge >= 0.3 is 0 Å². The van der Waals surface area contributed by atoms with E-state index in [2.05, 4.69) is 26.1 Å². The number of benzene rings is 1. The molecule has 0 aliphatic carbocycles. The van der Waals surface area contributed by atoms with Crippen LogP contribution < -0.4 is 10.1 Å². The standard InChI is InChI=1S/C18H25BrN2O3/c19-15-1-3-17(4-2-15)24-13-18(22)20-16-5-8-21(9-6-16)11-14-7-10-23-12-14/h1-4,14,16H,5-13H2,(H,20,22). The lowest BCUT2D eigenvalue weighted by Crippen LogP contribution is -2.46. The van der Waals surface area contributed by atoms with Crippen molar-refractivity contribution in [1.29, 1.82) is 0 Å². The van der Waals surface area contributed by atoms with Crippen molar-refractivity contribution in [3.05, 3.63) is 28.7 Å². The Balaban J connectivity index is 1.33. The average molecular weight is 397 g/mol. The van der Waals surface area contributed by atoms with E-state index in [1.807, 2.05) is 24.3 Å². The molecule has 2 heterocycles. The molecule has 0 bridgehead atoms. The topological polar surface area (TPSA) is 50.8 Å². The molecule has 5 nitrogen and oxygen atoms in total. The maximum atomic E-state index is 12.0. The summed E-state index contributed by atoms with van der Waals surface area (Å²) in [6.07, 6.45) is 3.21. The zero-order chi connectivity index (χ0) is 16.8. The molecule has 1 aromatic rings. The van der Waals surface area contributed by atoms with Crippen LogP contribution in [-0.2, 0) is 9.53 Å². The fourth-order valence-electron chi connectivity index (χ4n) is 3.30. The molecular weight excluding hydrogens is 372 g/mol. The van der Waals surface area contributed by atoms with Crippen LogP contribution in [0.3, 0.4) is 0 Å². The van der Waals surface area contributed by atoms with Crippen molar-refractivity contribution in [3.8, 4) is 5.75 Å². The van der Waals surface area contributed by atoms with Crippen molar-refractivity contribution in [2.75, 3.05) is 39.5 Å². The maximum absolute atomic E-state index is 12.0. The van der Waals surface area contributed by atoms with Gasteiger partial charge in [0.05, 0.1) is 6.61 Å². The molecule has 2 fully saturated rings. The number of likely N-dealkylation sites (tertiary alicyclic amines) is 1. The van der Waals surface area contributed by atoms with E-state index in [0.29, 0.717) is 11.7 Å². The van der Waals surface area contributed by atoms with Crippen molar-refractivity contribution in [2.45, 2.75) is 25.3 Å². The number of nitrogens with one attached hydrogen (secondary N) is 1. The summed E-state index contributed by atoms with van der Waals surface area (Å²) in [6, 6.07) is 7.77. The molecule has 24 heavy (non-hydrogen) atoms. The third kappa shape index (κ3) is 5.46. The van der Waals surface area contributed by atoms with Gasteiger partial charge in [0, 0.05) is 36.8 Å². The first-order valence-corrected chi connectivity index (χ1v) is 9.46. The van der Waals surface area contributed by atoms with E-state index in [0.717, 1.165) is 50.2 Å². The third-order valence-electron chi connectivity index (χ3n) is 4.68. The molecule has 6 heteroatoms. The van der Waals surface area contributed by atoms with E-state index in [4.69, 9.17) is 9.47 Å². The summed E-state index contributed by atoms with van der Waals surface area (Å²) in [5, 5.41) is 3.09. The van der Waals surface area contributed by atoms with E-state index in [1.54, 1.807) is 0 Å². The Kier molecular flexibility index (Phi) is 6.51. The number of rotatable bonds is 6. The number of hydrogen-bond acceptors (Lipinski definition) is 4. The first-order valence-electron chi connectivity index (χ1n) is 8.67. The van der Waals surface area contributed by atoms with Crippen molar-refractivity contribution < 1.29 is 14.3 Å². The van der Waals surface area contributed by atoms with Gasteiger partial charge in [-0.25, -0.2) is 0 Å². The highest BCUT2D eigenvalue weighted by atomic mass is 79.9. The molecule has 1 unspecified atom stereocenters. The number of amides is 1. The van der Waals surface area contributed by atoms with Gasteiger partial charge in [0.1, 0.15) is 5.75 Å². The summed E-state index contributed by atoms with van der Waals surface area (Å²) >= 11 is 3.38. The molecule has 1 atom stereocenters. The number of ether oxygens (including phenoxy) is 2. The quantitative estimate of drug-likeness (QED) is 0.801.